The minimum Gasteiger partial charge on any atom is -0.481 e. The van der Waals surface area contributed by atoms with E-state index < -0.39 is 5.97 Å². The Bertz CT molecular complexity index is 486. The molecule has 1 aliphatic heterocycles. The van der Waals surface area contributed by atoms with Crippen molar-refractivity contribution in [3.8, 4) is 11.5 Å². The van der Waals surface area contributed by atoms with Gasteiger partial charge in [0.15, 0.2) is 11.5 Å². The number of carbonyl (C=O) groups excluding carboxylic acids is 1. The monoisotopic (exact) mass is 265 g/mol. The summed E-state index contributed by atoms with van der Waals surface area (Å²) in [7, 11) is 0. The first-order valence-electron chi connectivity index (χ1n) is 6.02. The molecular formula is C13H15NO5. The maximum atomic E-state index is 11.3. The number of ether oxygens (including phenoxy) is 2. The molecule has 0 atom stereocenters. The fourth-order valence-corrected chi connectivity index (χ4v) is 1.75. The molecular weight excluding hydrogens is 250 g/mol. The fraction of sp³-hybridized carbons (Fsp3) is 0.385. The maximum absolute atomic E-state index is 11.3. The molecule has 0 aromatic heterocycles. The first-order chi connectivity index (χ1) is 9.15. The van der Waals surface area contributed by atoms with E-state index in [1.807, 2.05) is 18.2 Å². The number of carbonyl (C=O) groups is 2. The summed E-state index contributed by atoms with van der Waals surface area (Å²) in [5.41, 5.74) is 1.03. The molecule has 0 spiro atoms. The van der Waals surface area contributed by atoms with Crippen LogP contribution < -0.4 is 14.8 Å². The minimum atomic E-state index is -0.967. The zero-order chi connectivity index (χ0) is 13.7. The third kappa shape index (κ3) is 3.87. The van der Waals surface area contributed by atoms with Gasteiger partial charge in [0.05, 0.1) is 6.42 Å². The molecule has 0 radical (unpaired) electrons. The van der Waals surface area contributed by atoms with Crippen molar-refractivity contribution >= 4 is 11.9 Å². The molecule has 1 heterocycles. The molecule has 0 saturated heterocycles. The Morgan fingerprint density at radius 1 is 1.21 bits per heavy atom. The van der Waals surface area contributed by atoms with E-state index in [1.54, 1.807) is 0 Å². The molecule has 2 N–H and O–H groups in total. The molecule has 1 aromatic carbocycles. The van der Waals surface area contributed by atoms with Gasteiger partial charge in [0.25, 0.3) is 0 Å². The molecule has 2 rings (SSSR count). The zero-order valence-corrected chi connectivity index (χ0v) is 10.3. The number of hydrogen-bond donors (Lipinski definition) is 2. The largest absolute Gasteiger partial charge is 0.481 e. The van der Waals surface area contributed by atoms with Gasteiger partial charge in [0.2, 0.25) is 12.7 Å². The summed E-state index contributed by atoms with van der Waals surface area (Å²) < 4.78 is 10.5. The first kappa shape index (κ1) is 13.2. The summed E-state index contributed by atoms with van der Waals surface area (Å²) in [4.78, 5) is 21.6. The highest BCUT2D eigenvalue weighted by atomic mass is 16.7. The number of amides is 1. The van der Waals surface area contributed by atoms with Crippen LogP contribution in [0.15, 0.2) is 18.2 Å². The van der Waals surface area contributed by atoms with Gasteiger partial charge in [-0.2, -0.15) is 0 Å². The Hall–Kier alpha value is -2.24. The zero-order valence-electron chi connectivity index (χ0n) is 10.3. The quantitative estimate of drug-likeness (QED) is 0.799. The van der Waals surface area contributed by atoms with Gasteiger partial charge in [-0.25, -0.2) is 0 Å². The summed E-state index contributed by atoms with van der Waals surface area (Å²) in [6, 6.07) is 5.63. The van der Waals surface area contributed by atoms with Crippen molar-refractivity contribution in [3.05, 3.63) is 23.8 Å². The highest BCUT2D eigenvalue weighted by Crippen LogP contribution is 2.32. The second-order valence-electron chi connectivity index (χ2n) is 4.18. The van der Waals surface area contributed by atoms with Gasteiger partial charge in [0, 0.05) is 13.0 Å². The van der Waals surface area contributed by atoms with E-state index >= 15 is 0 Å². The van der Waals surface area contributed by atoms with E-state index in [2.05, 4.69) is 5.32 Å². The summed E-state index contributed by atoms with van der Waals surface area (Å²) >= 11 is 0. The van der Waals surface area contributed by atoms with Gasteiger partial charge in [-0.05, 0) is 24.1 Å². The van der Waals surface area contributed by atoms with Crippen molar-refractivity contribution in [2.45, 2.75) is 19.3 Å². The second-order valence-corrected chi connectivity index (χ2v) is 4.18. The number of carboxylic acid groups (broad SMARTS) is 1. The number of benzene rings is 1. The number of rotatable bonds is 6. The third-order valence-electron chi connectivity index (χ3n) is 2.74. The van der Waals surface area contributed by atoms with E-state index in [1.165, 1.54) is 0 Å². The summed E-state index contributed by atoms with van der Waals surface area (Å²) in [6.07, 6.45) is 0.530. The molecule has 1 amide bonds. The molecule has 6 heteroatoms. The third-order valence-corrected chi connectivity index (χ3v) is 2.74. The molecule has 0 bridgehead atoms. The highest BCUT2D eigenvalue weighted by Gasteiger charge is 2.13. The molecule has 0 saturated carbocycles. The number of hydrogen-bond acceptors (Lipinski definition) is 4. The first-order valence-corrected chi connectivity index (χ1v) is 6.02. The Morgan fingerprint density at radius 2 is 2.00 bits per heavy atom. The lowest BCUT2D eigenvalue weighted by atomic mass is 10.1. The number of nitrogens with one attached hydrogen (secondary N) is 1. The van der Waals surface area contributed by atoms with Crippen LogP contribution in [0, 0.1) is 0 Å². The van der Waals surface area contributed by atoms with Gasteiger partial charge in [-0.1, -0.05) is 6.07 Å². The number of carboxylic acids is 1. The van der Waals surface area contributed by atoms with E-state index in [0.717, 1.165) is 17.1 Å². The number of fused-ring (bicyclic) bond motifs is 1. The van der Waals surface area contributed by atoms with Crippen molar-refractivity contribution < 1.29 is 24.2 Å². The molecule has 102 valence electrons. The van der Waals surface area contributed by atoms with Gasteiger partial charge in [-0.3, -0.25) is 9.59 Å². The summed E-state index contributed by atoms with van der Waals surface area (Å²) in [5.74, 6) is 0.234. The Morgan fingerprint density at radius 3 is 2.79 bits per heavy atom. The maximum Gasteiger partial charge on any atom is 0.303 e. The van der Waals surface area contributed by atoms with E-state index in [-0.39, 0.29) is 25.5 Å². The molecule has 6 nitrogen and oxygen atoms in total. The fourth-order valence-electron chi connectivity index (χ4n) is 1.75. The highest BCUT2D eigenvalue weighted by molar-refractivity contribution is 5.80. The predicted octanol–water partition coefficient (Wildman–Crippen LogP) is 0.939. The van der Waals surface area contributed by atoms with Crippen LogP contribution in [0.5, 0.6) is 11.5 Å². The van der Waals surface area contributed by atoms with Crippen LogP contribution in [0.25, 0.3) is 0 Å². The molecule has 0 fully saturated rings. The molecule has 0 unspecified atom stereocenters. The lowest BCUT2D eigenvalue weighted by Crippen LogP contribution is -2.25. The molecule has 1 aliphatic rings. The smallest absolute Gasteiger partial charge is 0.303 e. The van der Waals surface area contributed by atoms with Crippen LogP contribution in [0.4, 0.5) is 0 Å². The van der Waals surface area contributed by atoms with Crippen LogP contribution in [-0.4, -0.2) is 30.3 Å². The average molecular weight is 265 g/mol. The number of aliphatic carboxylic acids is 1. The topological polar surface area (TPSA) is 84.9 Å². The van der Waals surface area contributed by atoms with Gasteiger partial charge < -0.3 is 19.9 Å². The lowest BCUT2D eigenvalue weighted by Gasteiger charge is -2.05. The second kappa shape index (κ2) is 6.08. The van der Waals surface area contributed by atoms with Gasteiger partial charge in [0.1, 0.15) is 0 Å². The van der Waals surface area contributed by atoms with Crippen LogP contribution >= 0.6 is 0 Å². The molecule has 19 heavy (non-hydrogen) atoms. The summed E-state index contributed by atoms with van der Waals surface area (Å²) in [5, 5.41) is 11.1. The Kier molecular flexibility index (Phi) is 4.22. The van der Waals surface area contributed by atoms with Crippen LogP contribution in [-0.2, 0) is 16.0 Å². The standard InChI is InChI=1S/C13H15NO5/c15-12(3-4-13(16)17)14-6-5-9-1-2-10-11(7-9)19-8-18-10/h1-2,7H,3-6,8H2,(H,14,15)(H,16,17). The minimum absolute atomic E-state index is 0.0104. The van der Waals surface area contributed by atoms with Crippen molar-refractivity contribution in [2.24, 2.45) is 0 Å². The summed E-state index contributed by atoms with van der Waals surface area (Å²) in [6.45, 7) is 0.711. The lowest BCUT2D eigenvalue weighted by molar-refractivity contribution is -0.138. The van der Waals surface area contributed by atoms with Crippen LogP contribution in [0.3, 0.4) is 0 Å². The predicted molar refractivity (Wildman–Crippen MR) is 66.1 cm³/mol. The molecule has 1 aromatic rings. The van der Waals surface area contributed by atoms with Crippen LogP contribution in [0.1, 0.15) is 18.4 Å². The Labute approximate surface area is 110 Å². The van der Waals surface area contributed by atoms with Crippen molar-refractivity contribution in [1.29, 1.82) is 0 Å². The average Bonchev–Trinajstić information content (AvgIpc) is 2.83. The van der Waals surface area contributed by atoms with Gasteiger partial charge >= 0.3 is 5.97 Å². The normalized spacial score (nSPS) is 12.2. The van der Waals surface area contributed by atoms with Crippen molar-refractivity contribution in [3.63, 3.8) is 0 Å². The van der Waals surface area contributed by atoms with Crippen LogP contribution in [0.2, 0.25) is 0 Å². The van der Waals surface area contributed by atoms with E-state index in [4.69, 9.17) is 14.6 Å². The van der Waals surface area contributed by atoms with Gasteiger partial charge in [-0.15, -0.1) is 0 Å². The molecule has 0 aliphatic carbocycles. The van der Waals surface area contributed by atoms with E-state index in [9.17, 15) is 9.59 Å². The Balaban J connectivity index is 1.74. The van der Waals surface area contributed by atoms with E-state index in [0.29, 0.717) is 13.0 Å². The van der Waals surface area contributed by atoms with Crippen molar-refractivity contribution in [1.82, 2.24) is 5.32 Å². The van der Waals surface area contributed by atoms with Crippen molar-refractivity contribution in [2.75, 3.05) is 13.3 Å². The SMILES string of the molecule is O=C(O)CCC(=O)NCCc1ccc2c(c1)OCO2.